The normalized spacial score (nSPS) is 11.9. The molecule has 2 N–H and O–H groups in total. The van der Waals surface area contributed by atoms with E-state index in [0.717, 1.165) is 15.6 Å². The van der Waals surface area contributed by atoms with Crippen LogP contribution in [-0.2, 0) is 16.4 Å². The highest BCUT2D eigenvalue weighted by Gasteiger charge is 2.16. The molecule has 0 spiro atoms. The lowest BCUT2D eigenvalue weighted by molar-refractivity contribution is 0.0701. The van der Waals surface area contributed by atoms with Crippen LogP contribution in [0.2, 0.25) is 0 Å². The van der Waals surface area contributed by atoms with Crippen molar-refractivity contribution in [1.82, 2.24) is 5.32 Å². The van der Waals surface area contributed by atoms with E-state index in [4.69, 9.17) is 0 Å². The predicted octanol–water partition coefficient (Wildman–Crippen LogP) is 2.12. The van der Waals surface area contributed by atoms with Gasteiger partial charge in [-0.2, -0.15) is 0 Å². The van der Waals surface area contributed by atoms with Crippen LogP contribution < -0.4 is 5.32 Å². The molecule has 114 valence electrons. The fraction of sp³-hybridized carbons (Fsp3) is 0.357. The fourth-order valence-corrected chi connectivity index (χ4v) is 3.85. The van der Waals surface area contributed by atoms with Crippen LogP contribution in [0.5, 0.6) is 0 Å². The summed E-state index contributed by atoms with van der Waals surface area (Å²) in [5.74, 6) is -0.792. The van der Waals surface area contributed by atoms with Gasteiger partial charge in [0, 0.05) is 17.5 Å². The van der Waals surface area contributed by atoms with Crippen molar-refractivity contribution in [1.29, 1.82) is 0 Å². The van der Waals surface area contributed by atoms with E-state index in [2.05, 4.69) is 5.32 Å². The van der Waals surface area contributed by atoms with Gasteiger partial charge in [0.1, 0.15) is 14.7 Å². The second-order valence-corrected chi connectivity index (χ2v) is 8.18. The molecule has 1 aromatic heterocycles. The van der Waals surface area contributed by atoms with Gasteiger partial charge in [0.15, 0.2) is 0 Å². The Bertz CT molecular complexity index is 749. The lowest BCUT2D eigenvalue weighted by Gasteiger charge is -2.05. The van der Waals surface area contributed by atoms with Crippen LogP contribution >= 0.6 is 11.3 Å². The molecule has 0 aliphatic heterocycles. The van der Waals surface area contributed by atoms with Crippen molar-refractivity contribution >= 4 is 37.2 Å². The summed E-state index contributed by atoms with van der Waals surface area (Å²) >= 11 is 1.26. The van der Waals surface area contributed by atoms with Gasteiger partial charge in [0.25, 0.3) is 0 Å². The van der Waals surface area contributed by atoms with E-state index < -0.39 is 15.8 Å². The second-order valence-electron chi connectivity index (χ2n) is 4.87. The molecule has 2 rings (SSSR count). The number of carbonyl (C=O) groups is 1. The zero-order valence-electron chi connectivity index (χ0n) is 11.6. The zero-order chi connectivity index (χ0) is 15.5. The van der Waals surface area contributed by atoms with E-state index in [1.54, 1.807) is 0 Å². The van der Waals surface area contributed by atoms with E-state index in [1.807, 2.05) is 24.3 Å². The van der Waals surface area contributed by atoms with Gasteiger partial charge >= 0.3 is 5.97 Å². The van der Waals surface area contributed by atoms with Crippen molar-refractivity contribution < 1.29 is 18.3 Å². The van der Waals surface area contributed by atoms with Gasteiger partial charge in [-0.1, -0.05) is 18.2 Å². The Labute approximate surface area is 127 Å². The maximum absolute atomic E-state index is 11.3. The number of thiophene rings is 1. The molecular formula is C14H17NO4S2. The summed E-state index contributed by atoms with van der Waals surface area (Å²) in [4.78, 5) is 11.7. The van der Waals surface area contributed by atoms with E-state index in [9.17, 15) is 18.3 Å². The van der Waals surface area contributed by atoms with Gasteiger partial charge in [-0.3, -0.25) is 0 Å². The van der Waals surface area contributed by atoms with Crippen molar-refractivity contribution in [3.05, 3.63) is 34.7 Å². The maximum Gasteiger partial charge on any atom is 0.346 e. The summed E-state index contributed by atoms with van der Waals surface area (Å²) in [5, 5.41) is 13.3. The molecule has 21 heavy (non-hydrogen) atoms. The van der Waals surface area contributed by atoms with Gasteiger partial charge in [0.2, 0.25) is 0 Å². The number of sulfone groups is 1. The number of hydrogen-bond acceptors (Lipinski definition) is 5. The Balaban J connectivity index is 2.07. The van der Waals surface area contributed by atoms with Crippen LogP contribution in [0.3, 0.4) is 0 Å². The molecule has 0 fully saturated rings. The number of nitrogens with one attached hydrogen (secondary N) is 1. The molecule has 1 aromatic carbocycles. The topological polar surface area (TPSA) is 83.5 Å². The van der Waals surface area contributed by atoms with Crippen LogP contribution in [0.1, 0.15) is 21.7 Å². The number of hydrogen-bond donors (Lipinski definition) is 2. The van der Waals surface area contributed by atoms with Crippen molar-refractivity contribution in [3.8, 4) is 0 Å². The van der Waals surface area contributed by atoms with Crippen LogP contribution in [0.15, 0.2) is 24.3 Å². The standard InChI is InChI=1S/C14H17NO4S2/c1-21(18,19)8-4-7-15-9-11-10-5-2-3-6-12(10)20-13(11)14(16)17/h2-3,5-6,15H,4,7-9H2,1H3,(H,16,17). The number of rotatable bonds is 7. The minimum atomic E-state index is -2.95. The van der Waals surface area contributed by atoms with Gasteiger partial charge in [-0.15, -0.1) is 11.3 Å². The zero-order valence-corrected chi connectivity index (χ0v) is 13.3. The Morgan fingerprint density at radius 3 is 2.71 bits per heavy atom. The SMILES string of the molecule is CS(=O)(=O)CCCNCc1c(C(=O)O)sc2ccccc12. The molecule has 0 radical (unpaired) electrons. The van der Waals surface area contributed by atoms with E-state index >= 15 is 0 Å². The molecule has 0 bridgehead atoms. The Morgan fingerprint density at radius 1 is 1.33 bits per heavy atom. The average molecular weight is 327 g/mol. The minimum absolute atomic E-state index is 0.135. The number of fused-ring (bicyclic) bond motifs is 1. The van der Waals surface area contributed by atoms with Gasteiger partial charge in [-0.05, 0) is 30.0 Å². The Hall–Kier alpha value is -1.44. The molecule has 0 aliphatic carbocycles. The first-order valence-corrected chi connectivity index (χ1v) is 9.38. The van der Waals surface area contributed by atoms with Crippen LogP contribution in [-0.4, -0.2) is 38.0 Å². The summed E-state index contributed by atoms with van der Waals surface area (Å²) in [7, 11) is -2.95. The molecule has 0 atom stereocenters. The third-order valence-corrected chi connectivity index (χ3v) is 5.29. The molecule has 0 saturated heterocycles. The Kier molecular flexibility index (Phi) is 4.97. The first-order valence-electron chi connectivity index (χ1n) is 6.50. The fourth-order valence-electron chi connectivity index (χ4n) is 2.12. The number of carboxylic acids is 1. The highest BCUT2D eigenvalue weighted by molar-refractivity contribution is 7.90. The third-order valence-electron chi connectivity index (χ3n) is 3.06. The summed E-state index contributed by atoms with van der Waals surface area (Å²) in [6, 6.07) is 7.58. The van der Waals surface area contributed by atoms with Crippen molar-refractivity contribution in [3.63, 3.8) is 0 Å². The van der Waals surface area contributed by atoms with Crippen LogP contribution in [0, 0.1) is 0 Å². The monoisotopic (exact) mass is 327 g/mol. The first kappa shape index (κ1) is 15.9. The lowest BCUT2D eigenvalue weighted by atomic mass is 10.1. The predicted molar refractivity (Wildman–Crippen MR) is 84.8 cm³/mol. The molecule has 7 heteroatoms. The molecule has 2 aromatic rings. The van der Waals surface area contributed by atoms with E-state index in [-0.39, 0.29) is 5.75 Å². The van der Waals surface area contributed by atoms with Gasteiger partial charge in [0.05, 0.1) is 5.75 Å². The van der Waals surface area contributed by atoms with E-state index in [0.29, 0.717) is 24.4 Å². The average Bonchev–Trinajstić information content (AvgIpc) is 2.76. The Morgan fingerprint density at radius 2 is 2.05 bits per heavy atom. The van der Waals surface area contributed by atoms with E-state index in [1.165, 1.54) is 17.6 Å². The molecular weight excluding hydrogens is 310 g/mol. The van der Waals surface area contributed by atoms with Gasteiger partial charge in [-0.25, -0.2) is 13.2 Å². The summed E-state index contributed by atoms with van der Waals surface area (Å²) in [6.45, 7) is 0.964. The smallest absolute Gasteiger partial charge is 0.346 e. The summed E-state index contributed by atoms with van der Waals surface area (Å²) in [6.07, 6.45) is 1.73. The first-order chi connectivity index (χ1) is 9.88. The summed E-state index contributed by atoms with van der Waals surface area (Å²) in [5.41, 5.74) is 0.766. The number of aromatic carboxylic acids is 1. The van der Waals surface area contributed by atoms with Crippen molar-refractivity contribution in [2.24, 2.45) is 0 Å². The highest BCUT2D eigenvalue weighted by atomic mass is 32.2. The molecule has 0 amide bonds. The van der Waals surface area contributed by atoms with Crippen LogP contribution in [0.25, 0.3) is 10.1 Å². The van der Waals surface area contributed by atoms with Crippen molar-refractivity contribution in [2.45, 2.75) is 13.0 Å². The van der Waals surface area contributed by atoms with Crippen LogP contribution in [0.4, 0.5) is 0 Å². The molecule has 1 heterocycles. The molecule has 5 nitrogen and oxygen atoms in total. The molecule has 0 unspecified atom stereocenters. The second kappa shape index (κ2) is 6.55. The number of carboxylic acid groups (broad SMARTS) is 1. The number of benzene rings is 1. The maximum atomic E-state index is 11.3. The lowest BCUT2D eigenvalue weighted by Crippen LogP contribution is -2.18. The van der Waals surface area contributed by atoms with Gasteiger partial charge < -0.3 is 10.4 Å². The van der Waals surface area contributed by atoms with Crippen molar-refractivity contribution in [2.75, 3.05) is 18.6 Å². The molecule has 0 saturated carbocycles. The highest BCUT2D eigenvalue weighted by Crippen LogP contribution is 2.31. The third kappa shape index (κ3) is 4.26. The summed E-state index contributed by atoms with van der Waals surface area (Å²) < 4.78 is 23.0. The quantitative estimate of drug-likeness (QED) is 0.761. The molecule has 0 aliphatic rings. The largest absolute Gasteiger partial charge is 0.477 e. The minimum Gasteiger partial charge on any atom is -0.477 e.